The molecule has 0 unspecified atom stereocenters. The minimum atomic E-state index is -0.0198. The van der Waals surface area contributed by atoms with Crippen LogP contribution in [0.25, 0.3) is 17.1 Å². The molecule has 20 heavy (non-hydrogen) atoms. The van der Waals surface area contributed by atoms with Gasteiger partial charge in [-0.25, -0.2) is 4.98 Å². The van der Waals surface area contributed by atoms with Gasteiger partial charge in [-0.05, 0) is 24.1 Å². The van der Waals surface area contributed by atoms with Crippen LogP contribution >= 0.6 is 0 Å². The molecule has 0 aliphatic carbocycles. The Kier molecular flexibility index (Phi) is 4.45. The van der Waals surface area contributed by atoms with Crippen molar-refractivity contribution in [3.63, 3.8) is 0 Å². The molecule has 4 nitrogen and oxygen atoms in total. The molecular weight excluding hydrogens is 250 g/mol. The van der Waals surface area contributed by atoms with E-state index in [1.54, 1.807) is 30.3 Å². The minimum Gasteiger partial charge on any atom is -0.342 e. The number of para-hydroxylation sites is 2. The molecule has 0 atom stereocenters. The first-order chi connectivity index (χ1) is 9.56. The first-order valence-electron chi connectivity index (χ1n) is 6.71. The van der Waals surface area contributed by atoms with Crippen molar-refractivity contribution >= 4 is 23.0 Å². The second kappa shape index (κ2) is 6.28. The molecule has 0 spiro atoms. The van der Waals surface area contributed by atoms with Crippen LogP contribution in [0.3, 0.4) is 0 Å². The number of benzene rings is 1. The van der Waals surface area contributed by atoms with Gasteiger partial charge in [-0.3, -0.25) is 9.78 Å². The molecule has 1 amide bonds. The Morgan fingerprint density at radius 2 is 2.00 bits per heavy atom. The normalized spacial score (nSPS) is 11.4. The highest BCUT2D eigenvalue weighted by atomic mass is 16.2. The molecule has 1 aromatic carbocycles. The summed E-state index contributed by atoms with van der Waals surface area (Å²) in [7, 11) is 1.80. The lowest BCUT2D eigenvalue weighted by Gasteiger charge is -2.17. The quantitative estimate of drug-likeness (QED) is 0.802. The van der Waals surface area contributed by atoms with E-state index in [9.17, 15) is 4.79 Å². The van der Waals surface area contributed by atoms with Gasteiger partial charge in [0.2, 0.25) is 5.91 Å². The summed E-state index contributed by atoms with van der Waals surface area (Å²) >= 11 is 0. The van der Waals surface area contributed by atoms with Gasteiger partial charge in [0.15, 0.2) is 0 Å². The van der Waals surface area contributed by atoms with Crippen LogP contribution < -0.4 is 0 Å². The lowest BCUT2D eigenvalue weighted by molar-refractivity contribution is -0.125. The molecule has 2 aromatic rings. The second-order valence-electron chi connectivity index (χ2n) is 5.23. The number of hydrogen-bond acceptors (Lipinski definition) is 3. The summed E-state index contributed by atoms with van der Waals surface area (Å²) in [4.78, 5) is 22.4. The van der Waals surface area contributed by atoms with Crippen LogP contribution in [0.5, 0.6) is 0 Å². The molecule has 4 heteroatoms. The topological polar surface area (TPSA) is 46.1 Å². The standard InChI is InChI=1S/C16H19N3O/c1-12(2)11-19(3)16(20)9-8-13-10-17-14-6-4-5-7-15(14)18-13/h4-10,12H,11H2,1-3H3/b9-8+. The van der Waals surface area contributed by atoms with E-state index in [1.807, 2.05) is 24.3 Å². The molecule has 0 saturated heterocycles. The number of likely N-dealkylation sites (N-methyl/N-ethyl adjacent to an activating group) is 1. The van der Waals surface area contributed by atoms with Gasteiger partial charge in [-0.1, -0.05) is 26.0 Å². The monoisotopic (exact) mass is 269 g/mol. The van der Waals surface area contributed by atoms with Gasteiger partial charge in [0, 0.05) is 19.7 Å². The van der Waals surface area contributed by atoms with E-state index in [1.165, 1.54) is 0 Å². The lowest BCUT2D eigenvalue weighted by Crippen LogP contribution is -2.28. The molecule has 0 N–H and O–H groups in total. The summed E-state index contributed by atoms with van der Waals surface area (Å²) in [6.07, 6.45) is 4.92. The van der Waals surface area contributed by atoms with Crippen molar-refractivity contribution in [3.05, 3.63) is 42.2 Å². The van der Waals surface area contributed by atoms with Crippen molar-refractivity contribution in [3.8, 4) is 0 Å². The molecular formula is C16H19N3O. The number of nitrogens with zero attached hydrogens (tertiary/aromatic N) is 3. The Morgan fingerprint density at radius 1 is 1.30 bits per heavy atom. The van der Waals surface area contributed by atoms with Gasteiger partial charge in [0.05, 0.1) is 22.9 Å². The fourth-order valence-corrected chi connectivity index (χ4v) is 1.97. The smallest absolute Gasteiger partial charge is 0.246 e. The summed E-state index contributed by atoms with van der Waals surface area (Å²) in [6.45, 7) is 4.91. The van der Waals surface area contributed by atoms with Crippen LogP contribution in [0, 0.1) is 5.92 Å². The predicted octanol–water partition coefficient (Wildman–Crippen LogP) is 2.76. The Balaban J connectivity index is 2.11. The average Bonchev–Trinajstić information content (AvgIpc) is 2.43. The van der Waals surface area contributed by atoms with E-state index in [0.29, 0.717) is 11.6 Å². The molecule has 0 saturated carbocycles. The lowest BCUT2D eigenvalue weighted by atomic mass is 10.2. The molecule has 0 aliphatic heterocycles. The van der Waals surface area contributed by atoms with E-state index < -0.39 is 0 Å². The van der Waals surface area contributed by atoms with Gasteiger partial charge in [0.25, 0.3) is 0 Å². The first-order valence-corrected chi connectivity index (χ1v) is 6.71. The van der Waals surface area contributed by atoms with Crippen LogP contribution in [0.2, 0.25) is 0 Å². The van der Waals surface area contributed by atoms with Crippen molar-refractivity contribution in [1.82, 2.24) is 14.9 Å². The molecule has 0 fully saturated rings. The van der Waals surface area contributed by atoms with Gasteiger partial charge in [0.1, 0.15) is 0 Å². The number of aromatic nitrogens is 2. The van der Waals surface area contributed by atoms with Gasteiger partial charge < -0.3 is 4.90 Å². The van der Waals surface area contributed by atoms with E-state index in [4.69, 9.17) is 0 Å². The fourth-order valence-electron chi connectivity index (χ4n) is 1.97. The Morgan fingerprint density at radius 3 is 2.70 bits per heavy atom. The molecule has 0 bridgehead atoms. The van der Waals surface area contributed by atoms with Crippen LogP contribution in [0.15, 0.2) is 36.5 Å². The maximum absolute atomic E-state index is 11.9. The van der Waals surface area contributed by atoms with Crippen LogP contribution in [-0.4, -0.2) is 34.4 Å². The minimum absolute atomic E-state index is 0.0198. The molecule has 0 radical (unpaired) electrons. The highest BCUT2D eigenvalue weighted by Crippen LogP contribution is 2.09. The van der Waals surface area contributed by atoms with E-state index in [2.05, 4.69) is 23.8 Å². The van der Waals surface area contributed by atoms with Crippen molar-refractivity contribution in [2.24, 2.45) is 5.92 Å². The molecule has 2 rings (SSSR count). The van der Waals surface area contributed by atoms with Gasteiger partial charge in [-0.2, -0.15) is 0 Å². The summed E-state index contributed by atoms with van der Waals surface area (Å²) in [5, 5.41) is 0. The largest absolute Gasteiger partial charge is 0.342 e. The molecule has 0 aliphatic rings. The highest BCUT2D eigenvalue weighted by Gasteiger charge is 2.06. The Bertz CT molecular complexity index is 634. The maximum atomic E-state index is 11.9. The molecule has 104 valence electrons. The van der Waals surface area contributed by atoms with Crippen molar-refractivity contribution in [2.75, 3.05) is 13.6 Å². The average molecular weight is 269 g/mol. The number of rotatable bonds is 4. The van der Waals surface area contributed by atoms with Crippen LogP contribution in [-0.2, 0) is 4.79 Å². The SMILES string of the molecule is CC(C)CN(C)C(=O)/C=C/c1cnc2ccccc2n1. The maximum Gasteiger partial charge on any atom is 0.246 e. The first kappa shape index (κ1) is 14.2. The summed E-state index contributed by atoms with van der Waals surface area (Å²) in [5.74, 6) is 0.437. The zero-order valence-corrected chi connectivity index (χ0v) is 12.1. The zero-order valence-electron chi connectivity index (χ0n) is 12.1. The fraction of sp³-hybridized carbons (Fsp3) is 0.312. The predicted molar refractivity (Wildman–Crippen MR) is 81.0 cm³/mol. The summed E-state index contributed by atoms with van der Waals surface area (Å²) in [5.41, 5.74) is 2.38. The van der Waals surface area contributed by atoms with Gasteiger partial charge >= 0.3 is 0 Å². The number of carbonyl (C=O) groups excluding carboxylic acids is 1. The Labute approximate surface area is 119 Å². The zero-order chi connectivity index (χ0) is 14.5. The number of amides is 1. The van der Waals surface area contributed by atoms with E-state index in [-0.39, 0.29) is 5.91 Å². The van der Waals surface area contributed by atoms with Crippen molar-refractivity contribution in [1.29, 1.82) is 0 Å². The number of hydrogen-bond donors (Lipinski definition) is 0. The Hall–Kier alpha value is -2.23. The third-order valence-corrected chi connectivity index (χ3v) is 2.88. The number of fused-ring (bicyclic) bond motifs is 1. The summed E-state index contributed by atoms with van der Waals surface area (Å²) in [6, 6.07) is 7.67. The molecule has 1 aromatic heterocycles. The highest BCUT2D eigenvalue weighted by molar-refractivity contribution is 5.91. The van der Waals surface area contributed by atoms with E-state index >= 15 is 0 Å². The summed E-state index contributed by atoms with van der Waals surface area (Å²) < 4.78 is 0. The number of carbonyl (C=O) groups is 1. The van der Waals surface area contributed by atoms with Crippen molar-refractivity contribution < 1.29 is 4.79 Å². The second-order valence-corrected chi connectivity index (χ2v) is 5.23. The molecule has 1 heterocycles. The third-order valence-electron chi connectivity index (χ3n) is 2.88. The van der Waals surface area contributed by atoms with Crippen LogP contribution in [0.4, 0.5) is 0 Å². The van der Waals surface area contributed by atoms with E-state index in [0.717, 1.165) is 17.6 Å². The third kappa shape index (κ3) is 3.63. The van der Waals surface area contributed by atoms with Gasteiger partial charge in [-0.15, -0.1) is 0 Å². The van der Waals surface area contributed by atoms with Crippen LogP contribution in [0.1, 0.15) is 19.5 Å². The van der Waals surface area contributed by atoms with Crippen molar-refractivity contribution in [2.45, 2.75) is 13.8 Å².